The Morgan fingerprint density at radius 1 is 1.34 bits per heavy atom. The molecular formula is C23H23F2N8PS. The van der Waals surface area contributed by atoms with Crippen molar-refractivity contribution in [1.82, 2.24) is 24.9 Å². The Balaban J connectivity index is 1.50. The average Bonchev–Trinajstić information content (AvgIpc) is 3.50. The second-order valence-corrected chi connectivity index (χ2v) is 9.92. The molecule has 8 nitrogen and oxygen atoms in total. The standard InChI is InChI=1S/C23H23F2N8PS/c1-12(2)19-20-15(4-7-35-20)17-11-32(19)23(24,25)21(31-17)16(9-26)13(3)30-14-8-18(34)22(27-10-14)33-28-5-6-29-33/h4-10,12,30H,3,11,26,34H2,1-2H3. The Morgan fingerprint density at radius 3 is 2.74 bits per heavy atom. The van der Waals surface area contributed by atoms with Gasteiger partial charge in [0.25, 0.3) is 0 Å². The number of nitrogens with two attached hydrogens (primary N) is 1. The molecule has 2 aliphatic heterocycles. The number of nitrogens with zero attached hydrogens (tertiary/aromatic N) is 6. The lowest BCUT2D eigenvalue weighted by Crippen LogP contribution is -2.57. The number of rotatable bonds is 6. The highest BCUT2D eigenvalue weighted by Crippen LogP contribution is 2.39. The van der Waals surface area contributed by atoms with Crippen LogP contribution in [0.1, 0.15) is 13.8 Å². The van der Waals surface area contributed by atoms with E-state index in [1.54, 1.807) is 24.7 Å². The molecule has 0 amide bonds. The van der Waals surface area contributed by atoms with E-state index in [0.717, 1.165) is 20.9 Å². The largest absolute Gasteiger partial charge is 0.404 e. The van der Waals surface area contributed by atoms with Crippen LogP contribution in [0.15, 0.2) is 65.1 Å². The van der Waals surface area contributed by atoms with Crippen LogP contribution in [0.3, 0.4) is 0 Å². The molecule has 3 aromatic rings. The van der Waals surface area contributed by atoms with Gasteiger partial charge in [-0.15, -0.1) is 25.4 Å². The van der Waals surface area contributed by atoms with Gasteiger partial charge in [0.05, 0.1) is 41.1 Å². The summed E-state index contributed by atoms with van der Waals surface area (Å²) in [5.74, 6) is 0.425. The van der Waals surface area contributed by atoms with Gasteiger partial charge in [0.15, 0.2) is 5.82 Å². The minimum Gasteiger partial charge on any atom is -0.404 e. The van der Waals surface area contributed by atoms with Crippen LogP contribution < -0.4 is 26.1 Å². The number of anilines is 1. The first-order valence-electron chi connectivity index (χ1n) is 10.8. The highest BCUT2D eigenvalue weighted by atomic mass is 32.1. The van der Waals surface area contributed by atoms with Crippen molar-refractivity contribution in [3.05, 3.63) is 69.9 Å². The number of thiophene rings is 1. The number of aromatic nitrogens is 4. The van der Waals surface area contributed by atoms with Gasteiger partial charge in [0, 0.05) is 33.7 Å². The summed E-state index contributed by atoms with van der Waals surface area (Å²) in [4.78, 5) is 11.3. The van der Waals surface area contributed by atoms with Gasteiger partial charge >= 0.3 is 6.05 Å². The van der Waals surface area contributed by atoms with Crippen LogP contribution in [0, 0.1) is 5.92 Å². The molecule has 2 bridgehead atoms. The number of aliphatic imine (C=N–C) groups is 1. The van der Waals surface area contributed by atoms with E-state index in [9.17, 15) is 0 Å². The molecule has 1 unspecified atom stereocenters. The molecule has 35 heavy (non-hydrogen) atoms. The Morgan fingerprint density at radius 2 is 2.09 bits per heavy atom. The van der Waals surface area contributed by atoms with E-state index in [2.05, 4.69) is 41.3 Å². The number of hydrogen-bond donors (Lipinski definition) is 2. The highest BCUT2D eigenvalue weighted by Gasteiger charge is 2.50. The van der Waals surface area contributed by atoms with Crippen LogP contribution in [-0.2, 0) is 0 Å². The molecule has 1 atom stereocenters. The minimum absolute atomic E-state index is 0.0297. The minimum atomic E-state index is -3.37. The summed E-state index contributed by atoms with van der Waals surface area (Å²) >= 11 is 1.45. The number of hydrogen-bond acceptors (Lipinski definition) is 8. The molecule has 0 spiro atoms. The fourth-order valence-corrected chi connectivity index (χ4v) is 5.74. The highest BCUT2D eigenvalue weighted by molar-refractivity contribution is 7.27. The Hall–Kier alpha value is -3.43. The van der Waals surface area contributed by atoms with Crippen molar-refractivity contribution in [2.75, 3.05) is 11.9 Å². The molecule has 12 heteroatoms. The monoisotopic (exact) mass is 512 g/mol. The summed E-state index contributed by atoms with van der Waals surface area (Å²) in [5, 5.41) is 14.7. The first-order chi connectivity index (χ1) is 16.7. The van der Waals surface area contributed by atoms with E-state index < -0.39 is 11.8 Å². The normalized spacial score (nSPS) is 16.9. The van der Waals surface area contributed by atoms with Gasteiger partial charge in [-0.2, -0.15) is 19.0 Å². The summed E-state index contributed by atoms with van der Waals surface area (Å²) in [6, 6.07) is 0.326. The molecule has 0 saturated heterocycles. The molecule has 2 aliphatic rings. The lowest BCUT2D eigenvalue weighted by Gasteiger charge is -2.42. The number of pyridine rings is 1. The maximum Gasteiger partial charge on any atom is 0.370 e. The van der Waals surface area contributed by atoms with E-state index in [1.165, 1.54) is 16.1 Å². The van der Waals surface area contributed by atoms with Gasteiger partial charge < -0.3 is 16.0 Å². The molecule has 5 heterocycles. The number of fused-ring (bicyclic) bond motifs is 3. The molecule has 0 aliphatic carbocycles. The van der Waals surface area contributed by atoms with Crippen molar-refractivity contribution in [2.45, 2.75) is 19.9 Å². The van der Waals surface area contributed by atoms with Crippen molar-refractivity contribution in [2.24, 2.45) is 16.6 Å². The van der Waals surface area contributed by atoms with Gasteiger partial charge in [-0.05, 0) is 23.4 Å². The molecule has 0 fully saturated rings. The summed E-state index contributed by atoms with van der Waals surface area (Å²) in [6.45, 7) is 7.85. The number of halogens is 2. The molecular weight excluding hydrogens is 489 g/mol. The molecule has 0 aromatic carbocycles. The van der Waals surface area contributed by atoms with E-state index in [4.69, 9.17) is 5.73 Å². The average molecular weight is 513 g/mol. The summed E-state index contributed by atoms with van der Waals surface area (Å²) in [7, 11) is 2.56. The Kier molecular flexibility index (Phi) is 5.77. The van der Waals surface area contributed by atoms with Crippen molar-refractivity contribution in [1.29, 1.82) is 0 Å². The maximum atomic E-state index is 15.9. The lowest BCUT2D eigenvalue weighted by molar-refractivity contribution is -0.0496. The molecule has 0 saturated carbocycles. The van der Waals surface area contributed by atoms with Crippen LogP contribution in [0.2, 0.25) is 0 Å². The van der Waals surface area contributed by atoms with Crippen LogP contribution in [0.25, 0.3) is 17.2 Å². The summed E-state index contributed by atoms with van der Waals surface area (Å²) in [5.41, 5.74) is 7.37. The van der Waals surface area contributed by atoms with Gasteiger partial charge in [-0.25, -0.2) is 9.98 Å². The van der Waals surface area contributed by atoms with Crippen molar-refractivity contribution < 1.29 is 8.78 Å². The molecule has 0 radical (unpaired) electrons. The first-order valence-corrected chi connectivity index (χ1v) is 12.2. The zero-order valence-electron chi connectivity index (χ0n) is 19.0. The van der Waals surface area contributed by atoms with Gasteiger partial charge in [0.1, 0.15) is 5.71 Å². The van der Waals surface area contributed by atoms with Crippen molar-refractivity contribution >= 4 is 48.7 Å². The van der Waals surface area contributed by atoms with Crippen molar-refractivity contribution in [3.8, 4) is 5.82 Å². The quantitative estimate of drug-likeness (QED) is 0.298. The molecule has 180 valence electrons. The Bertz CT molecular complexity index is 1500. The number of nitrogens with one attached hydrogen (secondary N) is 1. The van der Waals surface area contributed by atoms with Gasteiger partial charge in [0.2, 0.25) is 0 Å². The second-order valence-electron chi connectivity index (χ2n) is 8.38. The van der Waals surface area contributed by atoms with E-state index in [1.807, 2.05) is 25.3 Å². The van der Waals surface area contributed by atoms with E-state index in [-0.39, 0.29) is 23.7 Å². The summed E-state index contributed by atoms with van der Waals surface area (Å²) < 4.78 is 32.7. The van der Waals surface area contributed by atoms with Crippen LogP contribution in [-0.4, -0.2) is 43.2 Å². The molecule has 3 N–H and O–H groups in total. The topological polar surface area (TPSA) is 97.2 Å². The van der Waals surface area contributed by atoms with Crippen molar-refractivity contribution in [3.63, 3.8) is 0 Å². The zero-order valence-corrected chi connectivity index (χ0v) is 21.0. The van der Waals surface area contributed by atoms with E-state index in [0.29, 0.717) is 28.2 Å². The fourth-order valence-electron chi connectivity index (χ4n) is 4.25. The maximum absolute atomic E-state index is 15.9. The van der Waals surface area contributed by atoms with Crippen LogP contribution in [0.5, 0.6) is 0 Å². The fraction of sp³-hybridized carbons (Fsp3) is 0.217. The third-order valence-corrected chi connectivity index (χ3v) is 7.13. The predicted octanol–water partition coefficient (Wildman–Crippen LogP) is 1.93. The van der Waals surface area contributed by atoms with Gasteiger partial charge in [-0.1, -0.05) is 20.4 Å². The lowest BCUT2D eigenvalue weighted by atomic mass is 9.98. The first kappa shape index (κ1) is 23.3. The van der Waals surface area contributed by atoms with Crippen LogP contribution >= 0.6 is 20.6 Å². The third kappa shape index (κ3) is 3.84. The van der Waals surface area contributed by atoms with E-state index >= 15 is 8.78 Å². The van der Waals surface area contributed by atoms with Gasteiger partial charge in [-0.3, -0.25) is 0 Å². The summed E-state index contributed by atoms with van der Waals surface area (Å²) in [6.07, 6.45) is 5.76. The SMILES string of the molecule is C=C(Nc1cnc(-n2nccn2)c(P)c1)C(=CN)C1=NC2=c3ccsc3=C(C(C)C)N(C2)C1(F)F. The molecule has 3 aromatic heterocycles. The molecule has 5 rings (SSSR count). The second kappa shape index (κ2) is 8.66. The third-order valence-electron chi connectivity index (χ3n) is 5.77. The smallest absolute Gasteiger partial charge is 0.370 e. The van der Waals surface area contributed by atoms with Crippen LogP contribution in [0.4, 0.5) is 14.5 Å². The Labute approximate surface area is 206 Å². The predicted molar refractivity (Wildman–Crippen MR) is 138 cm³/mol. The number of alkyl halides is 2. The number of allylic oxidation sites excluding steroid dienone is 1. The zero-order chi connectivity index (χ0) is 24.9.